The fraction of sp³-hybridized carbons (Fsp3) is 0.571. The molecule has 1 aromatic rings. The summed E-state index contributed by atoms with van der Waals surface area (Å²) in [6.45, 7) is 3.21. The maximum Gasteiger partial charge on any atom is 0.152 e. The lowest BCUT2D eigenvalue weighted by Gasteiger charge is -2.26. The first-order chi connectivity index (χ1) is 9.39. The van der Waals surface area contributed by atoms with Crippen molar-refractivity contribution >= 4 is 27.1 Å². The molecule has 0 aliphatic carbocycles. The molecule has 1 aliphatic heterocycles. The number of benzene rings is 1. The van der Waals surface area contributed by atoms with Crippen LogP contribution in [0.1, 0.15) is 18.9 Å². The third-order valence-electron chi connectivity index (χ3n) is 3.52. The molecular weight excluding hydrogens is 296 g/mol. The van der Waals surface area contributed by atoms with Gasteiger partial charge in [0.25, 0.3) is 0 Å². The second-order valence-corrected chi connectivity index (χ2v) is 8.12. The van der Waals surface area contributed by atoms with Crippen LogP contribution in [0.4, 0.5) is 5.69 Å². The number of hydrogen-bond donors (Lipinski definition) is 1. The molecule has 1 aliphatic rings. The highest BCUT2D eigenvalue weighted by Gasteiger charge is 2.21. The third-order valence-corrected chi connectivity index (χ3v) is 5.59. The monoisotopic (exact) mass is 316 g/mol. The number of anilines is 1. The van der Waals surface area contributed by atoms with E-state index in [0.29, 0.717) is 24.4 Å². The van der Waals surface area contributed by atoms with Crippen LogP contribution in [0.15, 0.2) is 18.2 Å². The minimum absolute atomic E-state index is 0.0179. The third kappa shape index (κ3) is 3.87. The molecule has 1 fully saturated rings. The fourth-order valence-electron chi connectivity index (χ4n) is 2.55. The SMILES string of the molecule is CC(N)Cc1c(Cl)cccc1N1CCCS(=O)(=O)CC1. The summed E-state index contributed by atoms with van der Waals surface area (Å²) in [5, 5.41) is 0.701. The van der Waals surface area contributed by atoms with Crippen molar-refractivity contribution in [3.05, 3.63) is 28.8 Å². The van der Waals surface area contributed by atoms with Crippen molar-refractivity contribution in [3.63, 3.8) is 0 Å². The molecule has 1 atom stereocenters. The molecule has 0 spiro atoms. The zero-order valence-electron chi connectivity index (χ0n) is 11.7. The molecule has 112 valence electrons. The van der Waals surface area contributed by atoms with Gasteiger partial charge in [-0.3, -0.25) is 0 Å². The van der Waals surface area contributed by atoms with E-state index in [4.69, 9.17) is 17.3 Å². The molecule has 0 bridgehead atoms. The fourth-order valence-corrected chi connectivity index (χ4v) is 4.07. The smallest absolute Gasteiger partial charge is 0.152 e. The Balaban J connectivity index is 2.30. The summed E-state index contributed by atoms with van der Waals surface area (Å²) in [7, 11) is -2.91. The van der Waals surface area contributed by atoms with Gasteiger partial charge in [-0.1, -0.05) is 17.7 Å². The second-order valence-electron chi connectivity index (χ2n) is 5.41. The number of halogens is 1. The van der Waals surface area contributed by atoms with Crippen LogP contribution in [-0.2, 0) is 16.3 Å². The van der Waals surface area contributed by atoms with Crippen molar-refractivity contribution in [2.75, 3.05) is 29.5 Å². The molecule has 2 rings (SSSR count). The first-order valence-electron chi connectivity index (χ1n) is 6.87. The highest BCUT2D eigenvalue weighted by atomic mass is 35.5. The van der Waals surface area contributed by atoms with Gasteiger partial charge >= 0.3 is 0 Å². The molecule has 2 N–H and O–H groups in total. The number of nitrogens with two attached hydrogens (primary N) is 1. The predicted octanol–water partition coefficient (Wildman–Crippen LogP) is 1.85. The lowest BCUT2D eigenvalue weighted by atomic mass is 10.0. The Bertz CT molecular complexity index is 573. The molecule has 0 saturated carbocycles. The lowest BCUT2D eigenvalue weighted by molar-refractivity contribution is 0.597. The summed E-state index contributed by atoms with van der Waals surface area (Å²) in [5.41, 5.74) is 7.93. The topological polar surface area (TPSA) is 63.4 Å². The van der Waals surface area contributed by atoms with Gasteiger partial charge in [0.1, 0.15) is 0 Å². The predicted molar refractivity (Wildman–Crippen MR) is 84.3 cm³/mol. The van der Waals surface area contributed by atoms with Gasteiger partial charge in [0.15, 0.2) is 9.84 Å². The van der Waals surface area contributed by atoms with E-state index in [1.54, 1.807) is 0 Å². The molecule has 1 unspecified atom stereocenters. The van der Waals surface area contributed by atoms with E-state index in [1.165, 1.54) is 0 Å². The molecule has 0 radical (unpaired) electrons. The van der Waals surface area contributed by atoms with Crippen LogP contribution in [0.3, 0.4) is 0 Å². The molecule has 1 saturated heterocycles. The molecule has 4 nitrogen and oxygen atoms in total. The van der Waals surface area contributed by atoms with Crippen LogP contribution in [-0.4, -0.2) is 39.1 Å². The Hall–Kier alpha value is -0.780. The van der Waals surface area contributed by atoms with E-state index in [2.05, 4.69) is 4.90 Å². The van der Waals surface area contributed by atoms with Crippen molar-refractivity contribution in [2.24, 2.45) is 5.73 Å². The Morgan fingerprint density at radius 2 is 2.10 bits per heavy atom. The van der Waals surface area contributed by atoms with Gasteiger partial charge in [0, 0.05) is 29.8 Å². The van der Waals surface area contributed by atoms with E-state index in [9.17, 15) is 8.42 Å². The van der Waals surface area contributed by atoms with E-state index in [1.807, 2.05) is 25.1 Å². The lowest BCUT2D eigenvalue weighted by Crippen LogP contribution is -2.29. The molecule has 1 aromatic carbocycles. The van der Waals surface area contributed by atoms with Gasteiger partial charge in [-0.25, -0.2) is 8.42 Å². The Morgan fingerprint density at radius 3 is 2.80 bits per heavy atom. The average molecular weight is 317 g/mol. The van der Waals surface area contributed by atoms with Crippen LogP contribution in [0.5, 0.6) is 0 Å². The van der Waals surface area contributed by atoms with Crippen molar-refractivity contribution in [2.45, 2.75) is 25.8 Å². The summed E-state index contributed by atoms with van der Waals surface area (Å²) in [5.74, 6) is 0.476. The zero-order chi connectivity index (χ0) is 14.8. The molecule has 6 heteroatoms. The van der Waals surface area contributed by atoms with Crippen molar-refractivity contribution in [1.29, 1.82) is 0 Å². The van der Waals surface area contributed by atoms with Crippen LogP contribution < -0.4 is 10.6 Å². The number of nitrogens with zero attached hydrogens (tertiary/aromatic N) is 1. The second kappa shape index (κ2) is 6.33. The van der Waals surface area contributed by atoms with Crippen molar-refractivity contribution in [3.8, 4) is 0 Å². The van der Waals surface area contributed by atoms with E-state index in [-0.39, 0.29) is 17.5 Å². The molecule has 0 amide bonds. The summed E-state index contributed by atoms with van der Waals surface area (Å²) < 4.78 is 23.4. The quantitative estimate of drug-likeness (QED) is 0.924. The van der Waals surface area contributed by atoms with E-state index >= 15 is 0 Å². The zero-order valence-corrected chi connectivity index (χ0v) is 13.3. The normalized spacial score (nSPS) is 20.4. The largest absolute Gasteiger partial charge is 0.370 e. The van der Waals surface area contributed by atoms with Crippen LogP contribution in [0.25, 0.3) is 0 Å². The number of hydrogen-bond acceptors (Lipinski definition) is 4. The van der Waals surface area contributed by atoms with Crippen molar-refractivity contribution in [1.82, 2.24) is 0 Å². The summed E-state index contributed by atoms with van der Waals surface area (Å²) in [4.78, 5) is 2.12. The van der Waals surface area contributed by atoms with Crippen LogP contribution in [0.2, 0.25) is 5.02 Å². The first kappa shape index (κ1) is 15.6. The first-order valence-corrected chi connectivity index (χ1v) is 9.07. The van der Waals surface area contributed by atoms with Gasteiger partial charge in [-0.05, 0) is 37.5 Å². The molecule has 0 aromatic heterocycles. The maximum absolute atomic E-state index is 11.7. The van der Waals surface area contributed by atoms with Crippen LogP contribution >= 0.6 is 11.6 Å². The van der Waals surface area contributed by atoms with Gasteiger partial charge in [-0.2, -0.15) is 0 Å². The summed E-state index contributed by atoms with van der Waals surface area (Å²) in [6, 6.07) is 5.78. The van der Waals surface area contributed by atoms with Gasteiger partial charge in [-0.15, -0.1) is 0 Å². The summed E-state index contributed by atoms with van der Waals surface area (Å²) >= 11 is 6.29. The minimum atomic E-state index is -2.91. The molecule has 1 heterocycles. The van der Waals surface area contributed by atoms with Gasteiger partial charge in [0.05, 0.1) is 11.5 Å². The molecule has 20 heavy (non-hydrogen) atoms. The van der Waals surface area contributed by atoms with Gasteiger partial charge < -0.3 is 10.6 Å². The highest BCUT2D eigenvalue weighted by molar-refractivity contribution is 7.91. The van der Waals surface area contributed by atoms with Crippen molar-refractivity contribution < 1.29 is 8.42 Å². The average Bonchev–Trinajstić information content (AvgIpc) is 2.52. The van der Waals surface area contributed by atoms with E-state index in [0.717, 1.165) is 17.8 Å². The maximum atomic E-state index is 11.7. The Kier molecular flexibility index (Phi) is 4.94. The Labute approximate surface area is 125 Å². The standard InChI is InChI=1S/C14H21ClN2O2S/c1-11(16)10-12-13(15)4-2-5-14(12)17-6-3-8-20(18,19)9-7-17/h2,4-5,11H,3,6-10,16H2,1H3. The minimum Gasteiger partial charge on any atom is -0.370 e. The van der Waals surface area contributed by atoms with Gasteiger partial charge in [0.2, 0.25) is 0 Å². The highest BCUT2D eigenvalue weighted by Crippen LogP contribution is 2.29. The molecular formula is C14H21ClN2O2S. The van der Waals surface area contributed by atoms with E-state index < -0.39 is 9.84 Å². The number of sulfone groups is 1. The summed E-state index contributed by atoms with van der Waals surface area (Å²) in [6.07, 6.45) is 1.35. The van der Waals surface area contributed by atoms with Crippen LogP contribution in [0, 0.1) is 0 Å². The number of rotatable bonds is 3. The Morgan fingerprint density at radius 1 is 1.35 bits per heavy atom.